The minimum absolute atomic E-state index is 0.101. The Hall–Kier alpha value is -2.45. The van der Waals surface area contributed by atoms with Crippen molar-refractivity contribution in [2.24, 2.45) is 0 Å². The van der Waals surface area contributed by atoms with Crippen LogP contribution in [-0.4, -0.2) is 101 Å². The maximum absolute atomic E-state index is 9.78. The van der Waals surface area contributed by atoms with E-state index in [-0.39, 0.29) is 6.10 Å². The molecule has 198 valence electrons. The van der Waals surface area contributed by atoms with Crippen LogP contribution in [0.1, 0.15) is 44.1 Å². The topological polar surface area (TPSA) is 50.5 Å². The number of piperazine rings is 1. The van der Waals surface area contributed by atoms with Crippen LogP contribution in [0.3, 0.4) is 0 Å². The molecule has 0 bridgehead atoms. The molecular weight excluding hydrogens is 460 g/mol. The number of hydrogen-bond acceptors (Lipinski definition) is 6. The molecule has 3 aliphatic heterocycles. The molecule has 1 aromatic carbocycles. The first-order chi connectivity index (χ1) is 18.2. The molecule has 0 unspecified atom stereocenters. The zero-order valence-corrected chi connectivity index (χ0v) is 22.3. The summed E-state index contributed by atoms with van der Waals surface area (Å²) in [6.07, 6.45) is 8.36. The fraction of sp³-hybridized carbons (Fsp3) is 0.567. The number of aliphatic hydroxyl groups excluding tert-OH is 1. The number of piperidine rings is 2. The van der Waals surface area contributed by atoms with Crippen LogP contribution < -0.4 is 4.90 Å². The Labute approximate surface area is 221 Å². The number of aliphatic hydroxyl groups is 1. The van der Waals surface area contributed by atoms with Crippen molar-refractivity contribution in [3.05, 3.63) is 54.4 Å². The van der Waals surface area contributed by atoms with Crippen LogP contribution >= 0.6 is 0 Å². The van der Waals surface area contributed by atoms with Gasteiger partial charge in [0.1, 0.15) is 0 Å². The summed E-state index contributed by atoms with van der Waals surface area (Å²) in [6, 6.07) is 13.8. The molecule has 0 atom stereocenters. The number of likely N-dealkylation sites (tertiary alicyclic amines) is 2. The summed E-state index contributed by atoms with van der Waals surface area (Å²) in [4.78, 5) is 10.1. The molecular formula is C30H42N6O. The van der Waals surface area contributed by atoms with E-state index in [1.54, 1.807) is 0 Å². The lowest BCUT2D eigenvalue weighted by Crippen LogP contribution is -2.51. The van der Waals surface area contributed by atoms with Gasteiger partial charge in [-0.25, -0.2) is 4.52 Å². The molecule has 3 aromatic rings. The highest BCUT2D eigenvalue weighted by Crippen LogP contribution is 2.32. The monoisotopic (exact) mass is 502 g/mol. The van der Waals surface area contributed by atoms with E-state index in [0.717, 1.165) is 58.8 Å². The van der Waals surface area contributed by atoms with Gasteiger partial charge in [-0.3, -0.25) is 9.80 Å². The van der Waals surface area contributed by atoms with Crippen molar-refractivity contribution in [1.82, 2.24) is 24.3 Å². The fourth-order valence-electron chi connectivity index (χ4n) is 6.43. The van der Waals surface area contributed by atoms with Crippen LogP contribution in [0.4, 0.5) is 5.69 Å². The second-order valence-corrected chi connectivity index (χ2v) is 11.2. The van der Waals surface area contributed by atoms with Crippen molar-refractivity contribution in [2.75, 3.05) is 70.5 Å². The average molecular weight is 503 g/mol. The number of aromatic nitrogens is 2. The molecule has 0 saturated carbocycles. The molecule has 3 fully saturated rings. The predicted molar refractivity (Wildman–Crippen MR) is 150 cm³/mol. The first kappa shape index (κ1) is 24.9. The third-order valence-electron chi connectivity index (χ3n) is 8.91. The predicted octanol–water partition coefficient (Wildman–Crippen LogP) is 3.74. The van der Waals surface area contributed by atoms with Gasteiger partial charge < -0.3 is 14.9 Å². The highest BCUT2D eigenvalue weighted by molar-refractivity contribution is 5.80. The third-order valence-corrected chi connectivity index (χ3v) is 8.91. The van der Waals surface area contributed by atoms with E-state index in [2.05, 4.69) is 74.2 Å². The normalized spacial score (nSPS) is 21.7. The summed E-state index contributed by atoms with van der Waals surface area (Å²) >= 11 is 0. The molecule has 0 aliphatic carbocycles. The molecule has 7 heteroatoms. The van der Waals surface area contributed by atoms with Gasteiger partial charge in [0.25, 0.3) is 0 Å². The van der Waals surface area contributed by atoms with E-state index in [4.69, 9.17) is 0 Å². The lowest BCUT2D eigenvalue weighted by atomic mass is 9.88. The zero-order chi connectivity index (χ0) is 25.2. The number of fused-ring (bicyclic) bond motifs is 1. The van der Waals surface area contributed by atoms with Gasteiger partial charge in [-0.1, -0.05) is 31.2 Å². The quantitative estimate of drug-likeness (QED) is 0.554. The third kappa shape index (κ3) is 5.55. The minimum Gasteiger partial charge on any atom is -0.393 e. The molecule has 1 N–H and O–H groups in total. The minimum atomic E-state index is -0.101. The standard InChI is InChI=1S/C30H42N6O/c1-2-32-13-8-26(9-14-32)24-3-5-25(6-4-24)27-21-30-29(7-12-31-36(30)22-27)35-19-17-34(18-20-35)23-33-15-10-28(37)11-16-33/h3-7,12,21-22,26,28,37H,2,8-11,13-20,23H2,1H3. The van der Waals surface area contributed by atoms with Gasteiger partial charge in [0.15, 0.2) is 0 Å². The van der Waals surface area contributed by atoms with E-state index < -0.39 is 0 Å². The number of benzene rings is 1. The van der Waals surface area contributed by atoms with Gasteiger partial charge in [0, 0.05) is 57.2 Å². The summed E-state index contributed by atoms with van der Waals surface area (Å²) in [5.74, 6) is 0.693. The summed E-state index contributed by atoms with van der Waals surface area (Å²) in [5.41, 5.74) is 6.45. The SMILES string of the molecule is CCN1CCC(c2ccc(-c3cc4c(N5CCN(CN6CCC(O)CC6)CC5)ccnn4c3)cc2)CC1. The van der Waals surface area contributed by atoms with Gasteiger partial charge in [0.05, 0.1) is 24.0 Å². The van der Waals surface area contributed by atoms with Crippen LogP contribution in [0.25, 0.3) is 16.6 Å². The van der Waals surface area contributed by atoms with Crippen LogP contribution in [0.2, 0.25) is 0 Å². The lowest BCUT2D eigenvalue weighted by Gasteiger charge is -2.40. The van der Waals surface area contributed by atoms with Crippen molar-refractivity contribution in [3.63, 3.8) is 0 Å². The molecule has 5 heterocycles. The Morgan fingerprint density at radius 2 is 1.46 bits per heavy atom. The number of hydrogen-bond donors (Lipinski definition) is 1. The van der Waals surface area contributed by atoms with Gasteiger partial charge in [-0.15, -0.1) is 0 Å². The Morgan fingerprint density at radius 1 is 0.784 bits per heavy atom. The van der Waals surface area contributed by atoms with Crippen molar-refractivity contribution >= 4 is 11.2 Å². The first-order valence-electron chi connectivity index (χ1n) is 14.3. The summed E-state index contributed by atoms with van der Waals surface area (Å²) in [6.45, 7) is 13.1. The Bertz CT molecular complexity index is 1150. The Morgan fingerprint density at radius 3 is 2.16 bits per heavy atom. The van der Waals surface area contributed by atoms with Crippen molar-refractivity contribution in [1.29, 1.82) is 0 Å². The van der Waals surface area contributed by atoms with Gasteiger partial charge >= 0.3 is 0 Å². The largest absolute Gasteiger partial charge is 0.393 e. The molecule has 0 amide bonds. The molecule has 0 spiro atoms. The van der Waals surface area contributed by atoms with Crippen LogP contribution in [0, 0.1) is 0 Å². The maximum Gasteiger partial charge on any atom is 0.0886 e. The molecule has 6 rings (SSSR count). The lowest BCUT2D eigenvalue weighted by molar-refractivity contribution is 0.0474. The maximum atomic E-state index is 9.78. The van der Waals surface area contributed by atoms with Crippen LogP contribution in [-0.2, 0) is 0 Å². The van der Waals surface area contributed by atoms with Gasteiger partial charge in [-0.2, -0.15) is 5.10 Å². The molecule has 3 saturated heterocycles. The van der Waals surface area contributed by atoms with Crippen molar-refractivity contribution in [2.45, 2.75) is 44.6 Å². The molecule has 37 heavy (non-hydrogen) atoms. The second-order valence-electron chi connectivity index (χ2n) is 11.2. The smallest absolute Gasteiger partial charge is 0.0886 e. The molecule has 7 nitrogen and oxygen atoms in total. The van der Waals surface area contributed by atoms with E-state index in [1.807, 2.05) is 10.7 Å². The van der Waals surface area contributed by atoms with E-state index in [0.29, 0.717) is 5.92 Å². The summed E-state index contributed by atoms with van der Waals surface area (Å²) in [7, 11) is 0. The number of anilines is 1. The average Bonchev–Trinajstić information content (AvgIpc) is 3.40. The number of nitrogens with zero attached hydrogens (tertiary/aromatic N) is 6. The Kier molecular flexibility index (Phi) is 7.47. The van der Waals surface area contributed by atoms with E-state index >= 15 is 0 Å². The zero-order valence-electron chi connectivity index (χ0n) is 22.3. The van der Waals surface area contributed by atoms with Crippen molar-refractivity contribution < 1.29 is 5.11 Å². The van der Waals surface area contributed by atoms with Gasteiger partial charge in [-0.05, 0) is 74.5 Å². The van der Waals surface area contributed by atoms with E-state index in [9.17, 15) is 5.11 Å². The summed E-state index contributed by atoms with van der Waals surface area (Å²) < 4.78 is 2.05. The number of rotatable bonds is 6. The highest BCUT2D eigenvalue weighted by Gasteiger charge is 2.24. The molecule has 2 aromatic heterocycles. The van der Waals surface area contributed by atoms with E-state index in [1.165, 1.54) is 60.4 Å². The first-order valence-corrected chi connectivity index (χ1v) is 14.3. The van der Waals surface area contributed by atoms with Crippen LogP contribution in [0.15, 0.2) is 48.8 Å². The van der Waals surface area contributed by atoms with Crippen molar-refractivity contribution in [3.8, 4) is 11.1 Å². The second kappa shape index (κ2) is 11.1. The highest BCUT2D eigenvalue weighted by atomic mass is 16.3. The van der Waals surface area contributed by atoms with Crippen LogP contribution in [0.5, 0.6) is 0 Å². The van der Waals surface area contributed by atoms with Gasteiger partial charge in [0.2, 0.25) is 0 Å². The molecule has 0 radical (unpaired) electrons. The molecule has 3 aliphatic rings. The summed E-state index contributed by atoms with van der Waals surface area (Å²) in [5, 5.41) is 14.4. The fourth-order valence-corrected chi connectivity index (χ4v) is 6.43. The Balaban J connectivity index is 1.11.